The van der Waals surface area contributed by atoms with Crippen LogP contribution in [0.15, 0.2) is 42.5 Å². The van der Waals surface area contributed by atoms with Crippen molar-refractivity contribution >= 4 is 27.8 Å². The van der Waals surface area contributed by atoms with Crippen molar-refractivity contribution in [1.82, 2.24) is 19.0 Å². The van der Waals surface area contributed by atoms with Crippen LogP contribution < -0.4 is 10.5 Å². The van der Waals surface area contributed by atoms with Gasteiger partial charge in [0.2, 0.25) is 0 Å². The van der Waals surface area contributed by atoms with Crippen molar-refractivity contribution in [2.45, 2.75) is 39.3 Å². The first-order valence-electron chi connectivity index (χ1n) is 11.8. The third-order valence-corrected chi connectivity index (χ3v) is 6.58. The lowest BCUT2D eigenvalue weighted by Gasteiger charge is -2.30. The number of fused-ring (bicyclic) bond motifs is 2. The maximum absolute atomic E-state index is 13.3. The van der Waals surface area contributed by atoms with Crippen LogP contribution in [0.1, 0.15) is 37.0 Å². The summed E-state index contributed by atoms with van der Waals surface area (Å²) in [6.07, 6.45) is 1.89. The number of ether oxygens (including phenoxy) is 1. The van der Waals surface area contributed by atoms with Crippen molar-refractivity contribution in [3.05, 3.63) is 48.0 Å². The fourth-order valence-electron chi connectivity index (χ4n) is 5.04. The summed E-state index contributed by atoms with van der Waals surface area (Å²) in [5, 5.41) is 1.18. The first-order chi connectivity index (χ1) is 16.0. The van der Waals surface area contributed by atoms with Gasteiger partial charge in [-0.05, 0) is 51.0 Å². The molecule has 7 heteroatoms. The van der Waals surface area contributed by atoms with Crippen LogP contribution in [-0.4, -0.2) is 50.7 Å². The minimum atomic E-state index is -0.0112. The summed E-state index contributed by atoms with van der Waals surface area (Å²) in [5.41, 5.74) is 10.6. The number of nitrogens with zero attached hydrogens (tertiary/aromatic N) is 4. The Labute approximate surface area is 193 Å². The second-order valence-corrected chi connectivity index (χ2v) is 8.76. The number of nitrogens with two attached hydrogens (primary N) is 1. The van der Waals surface area contributed by atoms with E-state index in [1.807, 2.05) is 31.0 Å². The van der Waals surface area contributed by atoms with Gasteiger partial charge in [-0.2, -0.15) is 0 Å². The number of para-hydroxylation sites is 1. The number of amides is 1. The molecule has 1 amide bonds. The number of likely N-dealkylation sites (tertiary alicyclic amines) is 1. The van der Waals surface area contributed by atoms with E-state index in [1.54, 1.807) is 0 Å². The first-order valence-corrected chi connectivity index (χ1v) is 11.8. The molecule has 0 unspecified atom stereocenters. The van der Waals surface area contributed by atoms with Crippen LogP contribution in [0.4, 0.5) is 0 Å². The Kier molecular flexibility index (Phi) is 5.58. The topological polar surface area (TPSA) is 78.3 Å². The molecule has 0 spiro atoms. The molecule has 3 heterocycles. The highest BCUT2D eigenvalue weighted by atomic mass is 16.5. The maximum atomic E-state index is 13.3. The van der Waals surface area contributed by atoms with Crippen LogP contribution in [0, 0.1) is 0 Å². The van der Waals surface area contributed by atoms with Crippen LogP contribution in [0.5, 0.6) is 5.75 Å². The van der Waals surface area contributed by atoms with E-state index in [0.29, 0.717) is 24.5 Å². The number of carbonyl (C=O) groups is 1. The number of hydrogen-bond acceptors (Lipinski definition) is 4. The van der Waals surface area contributed by atoms with Gasteiger partial charge in [0.25, 0.3) is 5.91 Å². The van der Waals surface area contributed by atoms with E-state index < -0.39 is 0 Å². The average Bonchev–Trinajstić information content (AvgIpc) is 3.36. The van der Waals surface area contributed by atoms with E-state index in [1.165, 1.54) is 10.9 Å². The summed E-state index contributed by atoms with van der Waals surface area (Å²) in [6, 6.07) is 14.3. The number of benzene rings is 2. The third-order valence-electron chi connectivity index (χ3n) is 6.58. The molecule has 2 N–H and O–H groups in total. The number of rotatable bonds is 5. The summed E-state index contributed by atoms with van der Waals surface area (Å²) >= 11 is 0. The molecular formula is C26H31N5O2. The molecule has 4 aromatic rings. The molecule has 172 valence electrons. The van der Waals surface area contributed by atoms with E-state index >= 15 is 0 Å². The molecule has 1 saturated heterocycles. The number of hydrogen-bond donors (Lipinski definition) is 1. The second kappa shape index (κ2) is 8.56. The monoisotopic (exact) mass is 445 g/mol. The number of piperidine rings is 1. The van der Waals surface area contributed by atoms with E-state index in [0.717, 1.165) is 48.5 Å². The van der Waals surface area contributed by atoms with Crippen molar-refractivity contribution in [2.24, 2.45) is 12.8 Å². The molecule has 2 aromatic carbocycles. The number of imidazole rings is 1. The van der Waals surface area contributed by atoms with E-state index in [9.17, 15) is 4.79 Å². The van der Waals surface area contributed by atoms with Gasteiger partial charge < -0.3 is 24.5 Å². The van der Waals surface area contributed by atoms with Crippen LogP contribution in [0.25, 0.3) is 33.5 Å². The minimum absolute atomic E-state index is 0.0112. The maximum Gasteiger partial charge on any atom is 0.254 e. The van der Waals surface area contributed by atoms with Crippen molar-refractivity contribution in [1.29, 1.82) is 0 Å². The Morgan fingerprint density at radius 1 is 1.21 bits per heavy atom. The Morgan fingerprint density at radius 2 is 2.03 bits per heavy atom. The van der Waals surface area contributed by atoms with Crippen molar-refractivity contribution in [3.8, 4) is 17.3 Å². The molecule has 5 rings (SSSR count). The van der Waals surface area contributed by atoms with Crippen LogP contribution in [0.3, 0.4) is 0 Å². The molecule has 1 aliphatic rings. The van der Waals surface area contributed by atoms with Gasteiger partial charge in [0.05, 0.1) is 17.8 Å². The van der Waals surface area contributed by atoms with E-state index in [-0.39, 0.29) is 11.9 Å². The van der Waals surface area contributed by atoms with Gasteiger partial charge in [0.15, 0.2) is 5.82 Å². The zero-order chi connectivity index (χ0) is 23.1. The average molecular weight is 446 g/mol. The molecular weight excluding hydrogens is 414 g/mol. The molecule has 0 saturated carbocycles. The highest BCUT2D eigenvalue weighted by Gasteiger charge is 2.25. The Bertz CT molecular complexity index is 1340. The lowest BCUT2D eigenvalue weighted by molar-refractivity contribution is 0.0708. The molecule has 33 heavy (non-hydrogen) atoms. The summed E-state index contributed by atoms with van der Waals surface area (Å²) in [5.74, 6) is 1.52. The van der Waals surface area contributed by atoms with Crippen molar-refractivity contribution < 1.29 is 9.53 Å². The zero-order valence-corrected chi connectivity index (χ0v) is 19.5. The van der Waals surface area contributed by atoms with Crippen LogP contribution >= 0.6 is 0 Å². The summed E-state index contributed by atoms with van der Waals surface area (Å²) < 4.78 is 10.4. The van der Waals surface area contributed by atoms with Crippen LogP contribution in [0.2, 0.25) is 0 Å². The highest BCUT2D eigenvalue weighted by Crippen LogP contribution is 2.34. The lowest BCUT2D eigenvalue weighted by atomic mass is 10.0. The minimum Gasteiger partial charge on any atom is -0.492 e. The summed E-state index contributed by atoms with van der Waals surface area (Å²) in [7, 11) is 2.01. The summed E-state index contributed by atoms with van der Waals surface area (Å²) in [4.78, 5) is 20.2. The lowest BCUT2D eigenvalue weighted by Crippen LogP contribution is -2.45. The highest BCUT2D eigenvalue weighted by molar-refractivity contribution is 6.00. The first kappa shape index (κ1) is 21.5. The van der Waals surface area contributed by atoms with Gasteiger partial charge in [-0.25, -0.2) is 4.98 Å². The predicted octanol–water partition coefficient (Wildman–Crippen LogP) is 4.18. The summed E-state index contributed by atoms with van der Waals surface area (Å²) in [6.45, 7) is 6.77. The molecule has 0 aliphatic carbocycles. The number of aryl methyl sites for hydroxylation is 2. The van der Waals surface area contributed by atoms with Gasteiger partial charge in [0.1, 0.15) is 11.3 Å². The van der Waals surface area contributed by atoms with Gasteiger partial charge in [-0.3, -0.25) is 4.79 Å². The second-order valence-electron chi connectivity index (χ2n) is 8.76. The largest absolute Gasteiger partial charge is 0.492 e. The quantitative estimate of drug-likeness (QED) is 0.500. The molecule has 0 radical (unpaired) electrons. The van der Waals surface area contributed by atoms with Crippen LogP contribution in [-0.2, 0) is 13.6 Å². The van der Waals surface area contributed by atoms with E-state index in [2.05, 4.69) is 46.4 Å². The molecule has 1 atom stereocenters. The predicted molar refractivity (Wildman–Crippen MR) is 132 cm³/mol. The van der Waals surface area contributed by atoms with Gasteiger partial charge >= 0.3 is 0 Å². The molecule has 2 aromatic heterocycles. The van der Waals surface area contributed by atoms with Gasteiger partial charge in [0, 0.05) is 49.2 Å². The smallest absolute Gasteiger partial charge is 0.254 e. The van der Waals surface area contributed by atoms with Crippen molar-refractivity contribution in [2.75, 3.05) is 19.7 Å². The SMILES string of the molecule is CCOc1cc(C(=O)N2CCC[C@@H](N)C2)cc2nc(-c3cc4ccccc4n3CC)n(C)c12. The van der Waals surface area contributed by atoms with Gasteiger partial charge in [-0.1, -0.05) is 18.2 Å². The molecule has 0 bridgehead atoms. The Morgan fingerprint density at radius 3 is 2.79 bits per heavy atom. The van der Waals surface area contributed by atoms with Crippen molar-refractivity contribution in [3.63, 3.8) is 0 Å². The fourth-order valence-corrected chi connectivity index (χ4v) is 5.04. The standard InChI is InChI=1S/C26H31N5O2/c1-4-31-21-11-7-6-9-17(21)14-22(31)25-28-20-13-18(15-23(33-5-2)24(20)29(25)3)26(32)30-12-8-10-19(27)16-30/h6-7,9,11,13-15,19H,4-5,8,10,12,16,27H2,1-3H3/t19-/m1/s1. The number of aromatic nitrogens is 3. The Balaban J connectivity index is 1.65. The number of carbonyl (C=O) groups excluding carboxylic acids is 1. The van der Waals surface area contributed by atoms with E-state index in [4.69, 9.17) is 15.5 Å². The zero-order valence-electron chi connectivity index (χ0n) is 19.5. The molecule has 1 fully saturated rings. The normalized spacial score (nSPS) is 16.6. The third kappa shape index (κ3) is 3.66. The fraction of sp³-hybridized carbons (Fsp3) is 0.385. The van der Waals surface area contributed by atoms with Gasteiger partial charge in [-0.15, -0.1) is 0 Å². The molecule has 1 aliphatic heterocycles. The molecule has 7 nitrogen and oxygen atoms in total. The Hall–Kier alpha value is -3.32.